The summed E-state index contributed by atoms with van der Waals surface area (Å²) in [7, 11) is 2.20. The van der Waals surface area contributed by atoms with Gasteiger partial charge in [-0.15, -0.1) is 0 Å². The van der Waals surface area contributed by atoms with Crippen LogP contribution in [0.25, 0.3) is 27.5 Å². The third-order valence-electron chi connectivity index (χ3n) is 8.47. The van der Waals surface area contributed by atoms with E-state index in [1.807, 2.05) is 6.20 Å². The third-order valence-corrected chi connectivity index (χ3v) is 8.47. The Balaban J connectivity index is 1.46. The van der Waals surface area contributed by atoms with Gasteiger partial charge in [0.05, 0.1) is 11.1 Å². The van der Waals surface area contributed by atoms with Crippen molar-refractivity contribution in [3.63, 3.8) is 0 Å². The number of H-pyrrole nitrogens is 1. The second-order valence-corrected chi connectivity index (χ2v) is 11.3. The third kappa shape index (κ3) is 5.72. The molecule has 1 aromatic carbocycles. The number of benzene rings is 1. The van der Waals surface area contributed by atoms with Gasteiger partial charge in [-0.1, -0.05) is 32.1 Å². The van der Waals surface area contributed by atoms with Gasteiger partial charge in [0, 0.05) is 49.0 Å². The smallest absolute Gasteiger partial charge is 0.140 e. The highest BCUT2D eigenvalue weighted by Gasteiger charge is 2.26. The van der Waals surface area contributed by atoms with Gasteiger partial charge < -0.3 is 20.1 Å². The Morgan fingerprint density at radius 2 is 1.86 bits per heavy atom. The van der Waals surface area contributed by atoms with Crippen molar-refractivity contribution in [1.29, 1.82) is 0 Å². The van der Waals surface area contributed by atoms with Crippen LogP contribution >= 0.6 is 0 Å². The Morgan fingerprint density at radius 1 is 1.11 bits per heavy atom. The van der Waals surface area contributed by atoms with Crippen molar-refractivity contribution in [2.45, 2.75) is 78.3 Å². The lowest BCUT2D eigenvalue weighted by molar-refractivity contribution is 0.167. The molecule has 2 aliphatic rings. The molecule has 2 N–H and O–H groups in total. The Morgan fingerprint density at radius 3 is 2.54 bits per heavy atom. The maximum atomic E-state index is 4.79. The molecule has 2 aliphatic carbocycles. The highest BCUT2D eigenvalue weighted by molar-refractivity contribution is 6.13. The number of nitrogens with one attached hydrogen (secondary N) is 2. The van der Waals surface area contributed by atoms with Crippen molar-refractivity contribution in [2.75, 3.05) is 32.0 Å². The van der Waals surface area contributed by atoms with E-state index in [1.54, 1.807) is 0 Å². The molecule has 0 amide bonds. The van der Waals surface area contributed by atoms with Crippen LogP contribution in [0, 0.1) is 12.8 Å². The lowest BCUT2D eigenvalue weighted by Gasteiger charge is -2.36. The van der Waals surface area contributed by atoms with Crippen LogP contribution in [0.15, 0.2) is 42.7 Å². The van der Waals surface area contributed by atoms with Gasteiger partial charge in [0.25, 0.3) is 0 Å². The molecule has 0 bridgehead atoms. The standard InChI is InChI=1S/C32H45N5/c1-6-9-25(21-36(5)20-23-10-11-23)24-12-17-29-28(18-24)30-31(22(4)19-33-32(30)35-29)34-26-13-15-27(16-14-26)37(7-2)8-3/h6,9,12,17-19,21,23,26-27H,7-8,10-11,13-16,20H2,1-5H3,(H2,33,34,35)/b9-6+,25-21+. The first-order valence-corrected chi connectivity index (χ1v) is 14.5. The quantitative estimate of drug-likeness (QED) is 0.286. The number of hydrogen-bond acceptors (Lipinski definition) is 4. The molecule has 37 heavy (non-hydrogen) atoms. The number of aromatic amines is 1. The number of aromatic nitrogens is 2. The summed E-state index contributed by atoms with van der Waals surface area (Å²) >= 11 is 0. The molecule has 0 radical (unpaired) electrons. The van der Waals surface area contributed by atoms with E-state index in [2.05, 4.69) is 91.4 Å². The van der Waals surface area contributed by atoms with E-state index in [0.717, 1.165) is 42.8 Å². The molecule has 0 atom stereocenters. The molecular formula is C32H45N5. The van der Waals surface area contributed by atoms with Gasteiger partial charge in [0.2, 0.25) is 0 Å². The summed E-state index contributed by atoms with van der Waals surface area (Å²) in [4.78, 5) is 13.4. The van der Waals surface area contributed by atoms with Gasteiger partial charge in [-0.25, -0.2) is 4.98 Å². The number of fused-ring (bicyclic) bond motifs is 3. The summed E-state index contributed by atoms with van der Waals surface area (Å²) in [5.74, 6) is 0.869. The van der Waals surface area contributed by atoms with Gasteiger partial charge in [-0.3, -0.25) is 0 Å². The summed E-state index contributed by atoms with van der Waals surface area (Å²) in [6.45, 7) is 12.3. The number of rotatable bonds is 10. The fraction of sp³-hybridized carbons (Fsp3) is 0.531. The van der Waals surface area contributed by atoms with Gasteiger partial charge in [-0.05, 0) is 100 Å². The molecule has 2 saturated carbocycles. The van der Waals surface area contributed by atoms with Crippen LogP contribution in [0.3, 0.4) is 0 Å². The van der Waals surface area contributed by atoms with Gasteiger partial charge in [-0.2, -0.15) is 0 Å². The van der Waals surface area contributed by atoms with Crippen LogP contribution in [-0.2, 0) is 0 Å². The molecule has 2 aromatic heterocycles. The van der Waals surface area contributed by atoms with E-state index < -0.39 is 0 Å². The Hall–Kier alpha value is -2.79. The highest BCUT2D eigenvalue weighted by atomic mass is 15.1. The minimum absolute atomic E-state index is 0.513. The van der Waals surface area contributed by atoms with Crippen LogP contribution in [0.4, 0.5) is 5.69 Å². The first-order chi connectivity index (χ1) is 18.0. The molecule has 3 aromatic rings. The normalized spacial score (nSPS) is 21.0. The summed E-state index contributed by atoms with van der Waals surface area (Å²) < 4.78 is 0. The molecule has 2 fully saturated rings. The largest absolute Gasteiger partial charge is 0.381 e. The molecule has 5 heteroatoms. The molecule has 0 aliphatic heterocycles. The van der Waals surface area contributed by atoms with Crippen LogP contribution in [0.2, 0.25) is 0 Å². The van der Waals surface area contributed by atoms with Crippen molar-refractivity contribution < 1.29 is 0 Å². The lowest BCUT2D eigenvalue weighted by atomic mass is 9.89. The van der Waals surface area contributed by atoms with Gasteiger partial charge in [0.15, 0.2) is 0 Å². The number of allylic oxidation sites excluding steroid dienone is 3. The average Bonchev–Trinajstić information content (AvgIpc) is 3.64. The number of anilines is 1. The predicted molar refractivity (Wildman–Crippen MR) is 159 cm³/mol. The Kier molecular flexibility index (Phi) is 7.89. The fourth-order valence-corrected chi connectivity index (χ4v) is 6.24. The monoisotopic (exact) mass is 499 g/mol. The summed E-state index contributed by atoms with van der Waals surface area (Å²) in [6, 6.07) is 8.06. The van der Waals surface area contributed by atoms with Gasteiger partial charge >= 0.3 is 0 Å². The topological polar surface area (TPSA) is 47.2 Å². The molecule has 2 heterocycles. The summed E-state index contributed by atoms with van der Waals surface area (Å²) in [5.41, 5.74) is 7.10. The predicted octanol–water partition coefficient (Wildman–Crippen LogP) is 7.35. The zero-order valence-electron chi connectivity index (χ0n) is 23.5. The van der Waals surface area contributed by atoms with Crippen molar-refractivity contribution in [3.8, 4) is 0 Å². The van der Waals surface area contributed by atoms with E-state index in [4.69, 9.17) is 4.98 Å². The van der Waals surface area contributed by atoms with Crippen molar-refractivity contribution in [1.82, 2.24) is 19.8 Å². The summed E-state index contributed by atoms with van der Waals surface area (Å²) in [6.07, 6.45) is 16.4. The van der Waals surface area contributed by atoms with Crippen LogP contribution in [0.1, 0.15) is 70.4 Å². The van der Waals surface area contributed by atoms with Crippen LogP contribution < -0.4 is 5.32 Å². The second-order valence-electron chi connectivity index (χ2n) is 11.3. The zero-order chi connectivity index (χ0) is 25.9. The van der Waals surface area contributed by atoms with E-state index in [-0.39, 0.29) is 0 Å². The number of aryl methyl sites for hydroxylation is 1. The highest BCUT2D eigenvalue weighted by Crippen LogP contribution is 2.37. The molecule has 0 spiro atoms. The number of pyridine rings is 1. The zero-order valence-corrected chi connectivity index (χ0v) is 23.5. The molecule has 0 unspecified atom stereocenters. The fourth-order valence-electron chi connectivity index (χ4n) is 6.24. The average molecular weight is 500 g/mol. The maximum absolute atomic E-state index is 4.79. The van der Waals surface area contributed by atoms with Gasteiger partial charge in [0.1, 0.15) is 5.65 Å². The van der Waals surface area contributed by atoms with E-state index in [1.165, 1.54) is 71.7 Å². The first-order valence-electron chi connectivity index (χ1n) is 14.5. The molecule has 5 rings (SSSR count). The minimum Gasteiger partial charge on any atom is -0.381 e. The van der Waals surface area contributed by atoms with E-state index in [0.29, 0.717) is 6.04 Å². The molecular weight excluding hydrogens is 454 g/mol. The molecule has 198 valence electrons. The first kappa shape index (κ1) is 25.8. The lowest BCUT2D eigenvalue weighted by Crippen LogP contribution is -2.40. The number of hydrogen-bond donors (Lipinski definition) is 2. The van der Waals surface area contributed by atoms with Crippen LogP contribution in [0.5, 0.6) is 0 Å². The van der Waals surface area contributed by atoms with E-state index >= 15 is 0 Å². The van der Waals surface area contributed by atoms with E-state index in [9.17, 15) is 0 Å². The Bertz CT molecular complexity index is 1270. The molecule has 5 nitrogen and oxygen atoms in total. The van der Waals surface area contributed by atoms with Crippen molar-refractivity contribution in [3.05, 3.63) is 53.9 Å². The van der Waals surface area contributed by atoms with Crippen molar-refractivity contribution >= 4 is 33.2 Å². The maximum Gasteiger partial charge on any atom is 0.140 e. The SMILES string of the molecule is C/C=C/C(=C\N(C)CC1CC1)c1ccc2[nH]c3ncc(C)c(NC4CCC(N(CC)CC)CC4)c3c2c1. The summed E-state index contributed by atoms with van der Waals surface area (Å²) in [5, 5.41) is 6.47. The van der Waals surface area contributed by atoms with Crippen LogP contribution in [-0.4, -0.2) is 58.5 Å². The minimum atomic E-state index is 0.513. The molecule has 0 saturated heterocycles. The Labute approximate surface area is 223 Å². The van der Waals surface area contributed by atoms with Crippen molar-refractivity contribution in [2.24, 2.45) is 5.92 Å². The number of nitrogens with zero attached hydrogens (tertiary/aromatic N) is 3. The second kappa shape index (κ2) is 11.3.